The quantitative estimate of drug-likeness (QED) is 0.918. The molecule has 0 radical (unpaired) electrons. The molecule has 0 spiro atoms. The number of hydrogen-bond acceptors (Lipinski definition) is 4. The molecule has 0 saturated heterocycles. The van der Waals surface area contributed by atoms with E-state index in [1.807, 2.05) is 18.2 Å². The number of ether oxygens (including phenoxy) is 2. The van der Waals surface area contributed by atoms with Gasteiger partial charge in [0.05, 0.1) is 24.6 Å². The van der Waals surface area contributed by atoms with Crippen molar-refractivity contribution in [1.29, 1.82) is 0 Å². The van der Waals surface area contributed by atoms with Crippen LogP contribution in [0.25, 0.3) is 0 Å². The van der Waals surface area contributed by atoms with Gasteiger partial charge in [-0.1, -0.05) is 24.3 Å². The Balaban J connectivity index is 1.50. The van der Waals surface area contributed by atoms with Gasteiger partial charge in [0.15, 0.2) is 6.23 Å². The average molecular weight is 296 g/mol. The van der Waals surface area contributed by atoms with Crippen molar-refractivity contribution in [2.45, 2.75) is 26.7 Å². The van der Waals surface area contributed by atoms with E-state index < -0.39 is 0 Å². The molecule has 114 valence electrons. The fourth-order valence-electron chi connectivity index (χ4n) is 2.30. The average Bonchev–Trinajstić information content (AvgIpc) is 3.00. The van der Waals surface area contributed by atoms with Gasteiger partial charge in [-0.25, -0.2) is 0 Å². The van der Waals surface area contributed by atoms with Crippen molar-refractivity contribution in [2.24, 2.45) is 0 Å². The summed E-state index contributed by atoms with van der Waals surface area (Å²) in [7, 11) is 0. The minimum absolute atomic E-state index is 0.132. The molecule has 4 nitrogen and oxygen atoms in total. The second-order valence-electron chi connectivity index (χ2n) is 5.46. The number of aryl methyl sites for hydroxylation is 2. The van der Waals surface area contributed by atoms with E-state index in [1.165, 1.54) is 11.1 Å². The van der Waals surface area contributed by atoms with Crippen LogP contribution in [0, 0.1) is 13.8 Å². The van der Waals surface area contributed by atoms with Crippen LogP contribution in [0.15, 0.2) is 54.6 Å². The van der Waals surface area contributed by atoms with Crippen LogP contribution >= 0.6 is 0 Å². The van der Waals surface area contributed by atoms with Gasteiger partial charge in [-0.3, -0.25) is 4.98 Å². The van der Waals surface area contributed by atoms with Crippen LogP contribution < -0.4 is 5.32 Å². The lowest BCUT2D eigenvalue weighted by molar-refractivity contribution is 0.131. The number of pyridine rings is 1. The fraction of sp³-hybridized carbons (Fsp3) is 0.278. The molecule has 1 aliphatic heterocycles. The van der Waals surface area contributed by atoms with Crippen LogP contribution in [0.5, 0.6) is 0 Å². The highest BCUT2D eigenvalue weighted by atomic mass is 16.5. The van der Waals surface area contributed by atoms with E-state index in [1.54, 1.807) is 12.5 Å². The van der Waals surface area contributed by atoms with Crippen LogP contribution in [0.4, 0.5) is 0 Å². The first-order valence-corrected chi connectivity index (χ1v) is 7.38. The molecule has 1 aromatic carbocycles. The summed E-state index contributed by atoms with van der Waals surface area (Å²) in [5.41, 5.74) is 5.54. The molecule has 2 heterocycles. The highest BCUT2D eigenvalue weighted by Gasteiger charge is 2.19. The molecule has 2 aromatic rings. The van der Waals surface area contributed by atoms with Gasteiger partial charge in [-0.2, -0.15) is 0 Å². The molecule has 1 unspecified atom stereocenters. The maximum absolute atomic E-state index is 5.68. The first-order chi connectivity index (χ1) is 10.7. The molecule has 3 rings (SSSR count). The number of hydrogen-bond donors (Lipinski definition) is 1. The van der Waals surface area contributed by atoms with E-state index in [9.17, 15) is 0 Å². The van der Waals surface area contributed by atoms with Crippen LogP contribution in [0.2, 0.25) is 0 Å². The lowest BCUT2D eigenvalue weighted by Gasteiger charge is -2.14. The van der Waals surface area contributed by atoms with Crippen LogP contribution in [0.1, 0.15) is 28.6 Å². The zero-order valence-corrected chi connectivity index (χ0v) is 12.9. The maximum Gasteiger partial charge on any atom is 0.195 e. The second kappa shape index (κ2) is 6.62. The van der Waals surface area contributed by atoms with Crippen LogP contribution in [-0.4, -0.2) is 11.6 Å². The van der Waals surface area contributed by atoms with Gasteiger partial charge in [0.1, 0.15) is 6.26 Å². The molecule has 1 N–H and O–H groups in total. The summed E-state index contributed by atoms with van der Waals surface area (Å²) in [5.74, 6) is 0. The Bertz CT molecular complexity index is 668. The van der Waals surface area contributed by atoms with Gasteiger partial charge in [-0.15, -0.1) is 0 Å². The molecule has 0 bridgehead atoms. The first-order valence-electron chi connectivity index (χ1n) is 7.38. The normalized spacial score (nSPS) is 16.8. The van der Waals surface area contributed by atoms with Crippen molar-refractivity contribution in [2.75, 3.05) is 6.61 Å². The van der Waals surface area contributed by atoms with E-state index in [2.05, 4.69) is 42.3 Å². The Morgan fingerprint density at radius 1 is 1.14 bits per heavy atom. The summed E-state index contributed by atoms with van der Waals surface area (Å²) in [4.78, 5) is 4.23. The maximum atomic E-state index is 5.68. The molecule has 22 heavy (non-hydrogen) atoms. The monoisotopic (exact) mass is 296 g/mol. The molecule has 0 amide bonds. The standard InChI is InChI=1S/C18H20N2O2/c1-13-6-7-15(9-14(13)2)18-20-17(12-22-18)11-21-10-16-5-3-4-8-19-16/h3-9,12,18,20H,10-11H2,1-2H3. The van der Waals surface area contributed by atoms with E-state index in [0.29, 0.717) is 13.2 Å². The molecule has 1 aliphatic rings. The minimum Gasteiger partial charge on any atom is -0.472 e. The van der Waals surface area contributed by atoms with Crippen LogP contribution in [-0.2, 0) is 16.1 Å². The lowest BCUT2D eigenvalue weighted by atomic mass is 10.1. The topological polar surface area (TPSA) is 43.4 Å². The predicted octanol–water partition coefficient (Wildman–Crippen LogP) is 3.38. The van der Waals surface area contributed by atoms with Gasteiger partial charge < -0.3 is 14.8 Å². The molecular weight excluding hydrogens is 276 g/mol. The van der Waals surface area contributed by atoms with Gasteiger partial charge >= 0.3 is 0 Å². The SMILES string of the molecule is Cc1ccc(C2NC(COCc3ccccn3)=CO2)cc1C. The summed E-state index contributed by atoms with van der Waals surface area (Å²) in [6.07, 6.45) is 3.37. The predicted molar refractivity (Wildman–Crippen MR) is 84.9 cm³/mol. The Morgan fingerprint density at radius 3 is 2.82 bits per heavy atom. The van der Waals surface area contributed by atoms with E-state index in [0.717, 1.165) is 17.0 Å². The van der Waals surface area contributed by atoms with E-state index in [-0.39, 0.29) is 6.23 Å². The molecule has 0 aliphatic carbocycles. The number of aromatic nitrogens is 1. The number of nitrogens with zero attached hydrogens (tertiary/aromatic N) is 1. The highest BCUT2D eigenvalue weighted by Crippen LogP contribution is 2.23. The Labute approximate surface area is 130 Å². The molecule has 0 saturated carbocycles. The summed E-state index contributed by atoms with van der Waals surface area (Å²) >= 11 is 0. The fourth-order valence-corrected chi connectivity index (χ4v) is 2.30. The third kappa shape index (κ3) is 3.46. The van der Waals surface area contributed by atoms with Crippen LogP contribution in [0.3, 0.4) is 0 Å². The van der Waals surface area contributed by atoms with Gasteiger partial charge in [0.2, 0.25) is 0 Å². The third-order valence-corrected chi connectivity index (χ3v) is 3.73. The summed E-state index contributed by atoms with van der Waals surface area (Å²) in [6.45, 7) is 5.20. The van der Waals surface area contributed by atoms with Crippen molar-refractivity contribution >= 4 is 0 Å². The van der Waals surface area contributed by atoms with Crippen molar-refractivity contribution in [1.82, 2.24) is 10.3 Å². The van der Waals surface area contributed by atoms with Gasteiger partial charge in [-0.05, 0) is 37.1 Å². The number of nitrogens with one attached hydrogen (secondary N) is 1. The largest absolute Gasteiger partial charge is 0.472 e. The zero-order chi connectivity index (χ0) is 15.4. The summed E-state index contributed by atoms with van der Waals surface area (Å²) < 4.78 is 11.3. The molecule has 4 heteroatoms. The van der Waals surface area contributed by atoms with Crippen molar-refractivity contribution in [3.05, 3.63) is 76.9 Å². The van der Waals surface area contributed by atoms with E-state index >= 15 is 0 Å². The van der Waals surface area contributed by atoms with Crippen molar-refractivity contribution in [3.63, 3.8) is 0 Å². The molecular formula is C18H20N2O2. The molecule has 0 fully saturated rings. The van der Waals surface area contributed by atoms with Crippen molar-refractivity contribution in [3.8, 4) is 0 Å². The zero-order valence-electron chi connectivity index (χ0n) is 12.9. The third-order valence-electron chi connectivity index (χ3n) is 3.73. The minimum atomic E-state index is -0.132. The lowest BCUT2D eigenvalue weighted by Crippen LogP contribution is -2.18. The van der Waals surface area contributed by atoms with Gasteiger partial charge in [0.25, 0.3) is 0 Å². The Morgan fingerprint density at radius 2 is 2.05 bits per heavy atom. The first kappa shape index (κ1) is 14.6. The summed E-state index contributed by atoms with van der Waals surface area (Å²) in [6, 6.07) is 12.2. The highest BCUT2D eigenvalue weighted by molar-refractivity contribution is 5.32. The van der Waals surface area contributed by atoms with E-state index in [4.69, 9.17) is 9.47 Å². The van der Waals surface area contributed by atoms with Crippen molar-refractivity contribution < 1.29 is 9.47 Å². The number of benzene rings is 1. The molecule has 1 atom stereocenters. The Kier molecular flexibility index (Phi) is 4.39. The Hall–Kier alpha value is -2.33. The van der Waals surface area contributed by atoms with Gasteiger partial charge in [0, 0.05) is 11.8 Å². The number of rotatable bonds is 5. The molecule has 1 aromatic heterocycles. The summed E-state index contributed by atoms with van der Waals surface area (Å²) in [5, 5.41) is 3.33. The second-order valence-corrected chi connectivity index (χ2v) is 5.46. The smallest absolute Gasteiger partial charge is 0.195 e.